The third-order valence-corrected chi connectivity index (χ3v) is 2.81. The second kappa shape index (κ2) is 6.08. The maximum absolute atomic E-state index is 11.5. The first-order chi connectivity index (χ1) is 8.43. The zero-order chi connectivity index (χ0) is 13.6. The van der Waals surface area contributed by atoms with Crippen molar-refractivity contribution >= 4 is 18.1 Å². The van der Waals surface area contributed by atoms with Gasteiger partial charge in [-0.15, -0.1) is 0 Å². The Hall–Kier alpha value is -1.99. The summed E-state index contributed by atoms with van der Waals surface area (Å²) < 4.78 is 4.43. The normalized spacial score (nSPS) is 16.2. The standard InChI is InChI=1S/C10H17N3O5/c11-8(16)18-5-4-12-9(17)13-10(2-1-3-10)6-7(14)15/h1-6H2,(H2,11,16)(H,14,15)(H2,12,13,17). The number of primary amides is 1. The summed E-state index contributed by atoms with van der Waals surface area (Å²) >= 11 is 0. The van der Waals surface area contributed by atoms with E-state index < -0.39 is 23.6 Å². The predicted molar refractivity (Wildman–Crippen MR) is 60.9 cm³/mol. The van der Waals surface area contributed by atoms with Crippen LogP contribution in [-0.2, 0) is 9.53 Å². The number of urea groups is 1. The number of carboxylic acids is 1. The Morgan fingerprint density at radius 3 is 2.44 bits per heavy atom. The summed E-state index contributed by atoms with van der Waals surface area (Å²) in [6.45, 7) is 0.104. The van der Waals surface area contributed by atoms with E-state index in [0.29, 0.717) is 12.8 Å². The van der Waals surface area contributed by atoms with Crippen molar-refractivity contribution in [2.75, 3.05) is 13.2 Å². The zero-order valence-corrected chi connectivity index (χ0v) is 9.90. The number of hydrogen-bond acceptors (Lipinski definition) is 4. The summed E-state index contributed by atoms with van der Waals surface area (Å²) in [6, 6.07) is -0.468. The molecule has 1 aliphatic rings. The zero-order valence-electron chi connectivity index (χ0n) is 9.90. The molecule has 0 radical (unpaired) electrons. The lowest BCUT2D eigenvalue weighted by molar-refractivity contribution is -0.139. The number of rotatable bonds is 6. The predicted octanol–water partition coefficient (Wildman–Crippen LogP) is -0.222. The highest BCUT2D eigenvalue weighted by atomic mass is 16.5. The number of aliphatic carboxylic acids is 1. The molecule has 0 aromatic heterocycles. The van der Waals surface area contributed by atoms with Gasteiger partial charge in [-0.1, -0.05) is 0 Å². The van der Waals surface area contributed by atoms with Crippen LogP contribution in [0.1, 0.15) is 25.7 Å². The molecule has 1 fully saturated rings. The van der Waals surface area contributed by atoms with Crippen LogP contribution in [0.15, 0.2) is 0 Å². The van der Waals surface area contributed by atoms with Crippen molar-refractivity contribution in [3.05, 3.63) is 0 Å². The van der Waals surface area contributed by atoms with E-state index in [1.165, 1.54) is 0 Å². The Bertz CT molecular complexity index is 340. The molecule has 1 rings (SSSR count). The minimum absolute atomic E-state index is 0.0192. The second-order valence-electron chi connectivity index (χ2n) is 4.25. The van der Waals surface area contributed by atoms with E-state index in [9.17, 15) is 14.4 Å². The lowest BCUT2D eigenvalue weighted by atomic mass is 9.74. The number of carboxylic acid groups (broad SMARTS) is 1. The third-order valence-electron chi connectivity index (χ3n) is 2.81. The molecule has 0 spiro atoms. The van der Waals surface area contributed by atoms with Crippen molar-refractivity contribution in [1.82, 2.24) is 10.6 Å². The molecule has 8 heteroatoms. The van der Waals surface area contributed by atoms with Gasteiger partial charge in [0.15, 0.2) is 0 Å². The molecule has 0 atom stereocenters. The molecule has 0 heterocycles. The summed E-state index contributed by atoms with van der Waals surface area (Å²) in [4.78, 5) is 32.4. The van der Waals surface area contributed by atoms with Crippen LogP contribution >= 0.6 is 0 Å². The van der Waals surface area contributed by atoms with Crippen LogP contribution < -0.4 is 16.4 Å². The monoisotopic (exact) mass is 259 g/mol. The topological polar surface area (TPSA) is 131 Å². The van der Waals surface area contributed by atoms with Crippen molar-refractivity contribution in [3.63, 3.8) is 0 Å². The molecule has 5 N–H and O–H groups in total. The lowest BCUT2D eigenvalue weighted by Gasteiger charge is -2.41. The molecule has 18 heavy (non-hydrogen) atoms. The van der Waals surface area contributed by atoms with Gasteiger partial charge in [0.2, 0.25) is 0 Å². The van der Waals surface area contributed by atoms with Crippen molar-refractivity contribution in [2.45, 2.75) is 31.2 Å². The Morgan fingerprint density at radius 2 is 2.00 bits per heavy atom. The summed E-state index contributed by atoms with van der Waals surface area (Å²) in [6.07, 6.45) is 1.23. The molecule has 0 aromatic rings. The Morgan fingerprint density at radius 1 is 1.33 bits per heavy atom. The van der Waals surface area contributed by atoms with Gasteiger partial charge in [-0.25, -0.2) is 9.59 Å². The van der Waals surface area contributed by atoms with Gasteiger partial charge in [-0.05, 0) is 19.3 Å². The fraction of sp³-hybridized carbons (Fsp3) is 0.700. The van der Waals surface area contributed by atoms with E-state index in [1.807, 2.05) is 0 Å². The number of nitrogens with two attached hydrogens (primary N) is 1. The van der Waals surface area contributed by atoms with Crippen molar-refractivity contribution in [1.29, 1.82) is 0 Å². The second-order valence-corrected chi connectivity index (χ2v) is 4.25. The molecular formula is C10H17N3O5. The molecule has 0 saturated heterocycles. The molecular weight excluding hydrogens is 242 g/mol. The molecule has 0 aromatic carbocycles. The van der Waals surface area contributed by atoms with E-state index >= 15 is 0 Å². The van der Waals surface area contributed by atoms with Gasteiger partial charge in [-0.2, -0.15) is 0 Å². The maximum Gasteiger partial charge on any atom is 0.404 e. The highest BCUT2D eigenvalue weighted by Crippen LogP contribution is 2.34. The molecule has 0 unspecified atom stereocenters. The molecule has 1 aliphatic carbocycles. The number of carbonyl (C=O) groups excluding carboxylic acids is 2. The molecule has 0 bridgehead atoms. The van der Waals surface area contributed by atoms with Gasteiger partial charge in [0.1, 0.15) is 6.61 Å². The SMILES string of the molecule is NC(=O)OCCNC(=O)NC1(CC(=O)O)CCC1. The Balaban J connectivity index is 2.25. The average Bonchev–Trinajstić information content (AvgIpc) is 2.20. The lowest BCUT2D eigenvalue weighted by Crippen LogP contribution is -2.57. The van der Waals surface area contributed by atoms with Gasteiger partial charge in [0.25, 0.3) is 0 Å². The minimum atomic E-state index is -0.938. The number of nitrogens with one attached hydrogen (secondary N) is 2. The number of ether oxygens (including phenoxy) is 1. The number of carbonyl (C=O) groups is 3. The van der Waals surface area contributed by atoms with Gasteiger partial charge < -0.3 is 26.2 Å². The number of amides is 3. The van der Waals surface area contributed by atoms with Crippen LogP contribution in [0.5, 0.6) is 0 Å². The van der Waals surface area contributed by atoms with Gasteiger partial charge >= 0.3 is 18.1 Å². The van der Waals surface area contributed by atoms with Gasteiger partial charge in [0, 0.05) is 0 Å². The molecule has 1 saturated carbocycles. The summed E-state index contributed by atoms with van der Waals surface area (Å²) in [5, 5.41) is 13.9. The van der Waals surface area contributed by atoms with Crippen LogP contribution in [0.3, 0.4) is 0 Å². The van der Waals surface area contributed by atoms with Gasteiger partial charge in [-0.3, -0.25) is 4.79 Å². The molecule has 8 nitrogen and oxygen atoms in total. The number of hydrogen-bond donors (Lipinski definition) is 4. The quantitative estimate of drug-likeness (QED) is 0.490. The summed E-state index contributed by atoms with van der Waals surface area (Å²) in [5.41, 5.74) is 4.10. The van der Waals surface area contributed by atoms with Crippen molar-refractivity contribution in [3.8, 4) is 0 Å². The highest BCUT2D eigenvalue weighted by Gasteiger charge is 2.40. The fourth-order valence-corrected chi connectivity index (χ4v) is 1.84. The van der Waals surface area contributed by atoms with Crippen molar-refractivity contribution < 1.29 is 24.2 Å². The van der Waals surface area contributed by atoms with Crippen LogP contribution in [-0.4, -0.2) is 41.9 Å². The van der Waals surface area contributed by atoms with Crippen LogP contribution in [0.2, 0.25) is 0 Å². The first kappa shape index (κ1) is 14.1. The van der Waals surface area contributed by atoms with Gasteiger partial charge in [0.05, 0.1) is 18.5 Å². The van der Waals surface area contributed by atoms with Crippen LogP contribution in [0.25, 0.3) is 0 Å². The van der Waals surface area contributed by atoms with E-state index in [1.54, 1.807) is 0 Å². The first-order valence-corrected chi connectivity index (χ1v) is 5.64. The largest absolute Gasteiger partial charge is 0.481 e. The van der Waals surface area contributed by atoms with Crippen LogP contribution in [0.4, 0.5) is 9.59 Å². The molecule has 0 aliphatic heterocycles. The molecule has 102 valence electrons. The van der Waals surface area contributed by atoms with Crippen LogP contribution in [0, 0.1) is 0 Å². The Kier molecular flexibility index (Phi) is 4.75. The third kappa shape index (κ3) is 4.48. The van der Waals surface area contributed by atoms with Crippen molar-refractivity contribution in [2.24, 2.45) is 5.73 Å². The van der Waals surface area contributed by atoms with E-state index in [4.69, 9.17) is 10.8 Å². The highest BCUT2D eigenvalue weighted by molar-refractivity contribution is 5.77. The summed E-state index contributed by atoms with van der Waals surface area (Å²) in [5.74, 6) is -0.938. The summed E-state index contributed by atoms with van der Waals surface area (Å²) in [7, 11) is 0. The fourth-order valence-electron chi connectivity index (χ4n) is 1.84. The van der Waals surface area contributed by atoms with E-state index in [-0.39, 0.29) is 19.6 Å². The molecule has 3 amide bonds. The smallest absolute Gasteiger partial charge is 0.404 e. The minimum Gasteiger partial charge on any atom is -0.481 e. The van der Waals surface area contributed by atoms with E-state index in [2.05, 4.69) is 15.4 Å². The Labute approximate surface area is 104 Å². The first-order valence-electron chi connectivity index (χ1n) is 5.64. The van der Waals surface area contributed by atoms with E-state index in [0.717, 1.165) is 6.42 Å². The average molecular weight is 259 g/mol. The maximum atomic E-state index is 11.5.